The normalized spacial score (nSPS) is 26.0. The number of Topliss-reactive ketones (excluding diaryl/α,β-unsaturated/α-hetero) is 1. The first kappa shape index (κ1) is 25.1. The zero-order valence-electron chi connectivity index (χ0n) is 19.9. The number of ketones is 1. The molecule has 1 aromatic carbocycles. The van der Waals surface area contributed by atoms with Crippen LogP contribution in [0, 0.1) is 17.7 Å². The van der Waals surface area contributed by atoms with Crippen LogP contribution in [0.1, 0.15) is 49.9 Å². The molecule has 9 nitrogen and oxygen atoms in total. The van der Waals surface area contributed by atoms with E-state index in [0.29, 0.717) is 29.6 Å². The lowest BCUT2D eigenvalue weighted by Crippen LogP contribution is -2.63. The molecule has 4 rings (SSSR count). The fourth-order valence-electron chi connectivity index (χ4n) is 6.16. The standard InChI is InChI=1S/C25H31FN2O7/c1-13-16(22(25(34)35)27-21(13)19(14(2)29)24(27)33)12-28(9-3-4-10-28)11-5-6-17(30)15-7-8-18(31)23(32)20(15)26/h7-8,13-14,19,21,29H,3-6,9-12H2,1-2H3,(H2-,30,31,32,34,35)/p+1/t13-,14+,19+,21+/m0/s1. The minimum absolute atomic E-state index is 0.0199. The summed E-state index contributed by atoms with van der Waals surface area (Å²) in [6.07, 6.45) is 1.54. The molecule has 190 valence electrons. The average molecular weight is 492 g/mol. The van der Waals surface area contributed by atoms with Crippen LogP contribution in [0.25, 0.3) is 0 Å². The van der Waals surface area contributed by atoms with Crippen molar-refractivity contribution in [2.75, 3.05) is 26.2 Å². The van der Waals surface area contributed by atoms with E-state index in [2.05, 4.69) is 0 Å². The highest BCUT2D eigenvalue weighted by Crippen LogP contribution is 2.48. The minimum atomic E-state index is -1.15. The van der Waals surface area contributed by atoms with E-state index in [0.717, 1.165) is 38.1 Å². The SMILES string of the molecule is C[C@@H](O)[C@H]1C(=O)N2C(C(=O)O)=C(C[N+]3(CCCC(=O)c4ccc(O)c(O)c4F)CCCC3)[C@H](C)[C@H]12. The van der Waals surface area contributed by atoms with Crippen LogP contribution in [0.2, 0.25) is 0 Å². The molecule has 0 spiro atoms. The van der Waals surface area contributed by atoms with Crippen LogP contribution in [0.3, 0.4) is 0 Å². The van der Waals surface area contributed by atoms with E-state index in [1.54, 1.807) is 6.92 Å². The van der Waals surface area contributed by atoms with Crippen molar-refractivity contribution < 1.29 is 43.7 Å². The third-order valence-electron chi connectivity index (χ3n) is 7.97. The predicted molar refractivity (Wildman–Crippen MR) is 122 cm³/mol. The second-order valence-corrected chi connectivity index (χ2v) is 10.1. The minimum Gasteiger partial charge on any atom is -0.504 e. The van der Waals surface area contributed by atoms with Gasteiger partial charge in [-0.25, -0.2) is 9.18 Å². The number of carboxylic acid groups (broad SMARTS) is 1. The number of benzene rings is 1. The Morgan fingerprint density at radius 2 is 1.89 bits per heavy atom. The number of carboxylic acids is 1. The number of quaternary nitrogens is 1. The van der Waals surface area contributed by atoms with Gasteiger partial charge in [0.25, 0.3) is 0 Å². The Morgan fingerprint density at radius 1 is 1.23 bits per heavy atom. The zero-order valence-corrected chi connectivity index (χ0v) is 19.9. The first-order chi connectivity index (χ1) is 16.5. The second kappa shape index (κ2) is 9.23. The molecule has 0 radical (unpaired) electrons. The summed E-state index contributed by atoms with van der Waals surface area (Å²) in [6.45, 7) is 6.10. The van der Waals surface area contributed by atoms with Gasteiger partial charge in [0.1, 0.15) is 12.2 Å². The molecule has 3 heterocycles. The summed E-state index contributed by atoms with van der Waals surface area (Å²) in [5.74, 6) is -5.53. The van der Waals surface area contributed by atoms with Gasteiger partial charge in [-0.3, -0.25) is 9.59 Å². The van der Waals surface area contributed by atoms with E-state index in [9.17, 15) is 39.2 Å². The summed E-state index contributed by atoms with van der Waals surface area (Å²) >= 11 is 0. The number of aliphatic carboxylic acids is 1. The summed E-state index contributed by atoms with van der Waals surface area (Å²) in [6, 6.07) is 1.86. The second-order valence-electron chi connectivity index (χ2n) is 10.1. The molecule has 2 saturated heterocycles. The summed E-state index contributed by atoms with van der Waals surface area (Å²) in [7, 11) is 0. The number of carbonyl (C=O) groups is 3. The van der Waals surface area contributed by atoms with Gasteiger partial charge >= 0.3 is 5.97 Å². The monoisotopic (exact) mass is 491 g/mol. The van der Waals surface area contributed by atoms with Gasteiger partial charge in [-0.2, -0.15) is 0 Å². The fraction of sp³-hybridized carbons (Fsp3) is 0.560. The first-order valence-corrected chi connectivity index (χ1v) is 12.1. The Morgan fingerprint density at radius 3 is 2.49 bits per heavy atom. The molecule has 0 aliphatic carbocycles. The number of hydrogen-bond acceptors (Lipinski definition) is 6. The van der Waals surface area contributed by atoms with Crippen molar-refractivity contribution in [3.05, 3.63) is 34.8 Å². The molecule has 1 amide bonds. The van der Waals surface area contributed by atoms with E-state index in [1.807, 2.05) is 6.92 Å². The van der Waals surface area contributed by atoms with Gasteiger partial charge < -0.3 is 29.8 Å². The van der Waals surface area contributed by atoms with E-state index < -0.39 is 41.1 Å². The average Bonchev–Trinajstić information content (AvgIpc) is 3.34. The van der Waals surface area contributed by atoms with Gasteiger partial charge in [0.05, 0.1) is 43.3 Å². The fourth-order valence-corrected chi connectivity index (χ4v) is 6.16. The third-order valence-corrected chi connectivity index (χ3v) is 7.97. The number of phenols is 2. The van der Waals surface area contributed by atoms with Gasteiger partial charge in [0, 0.05) is 37.2 Å². The Labute approximate surface area is 202 Å². The topological polar surface area (TPSA) is 135 Å². The smallest absolute Gasteiger partial charge is 0.352 e. The molecular formula is C25H32FN2O7+. The number of carbonyl (C=O) groups excluding carboxylic acids is 2. The Balaban J connectivity index is 1.50. The maximum Gasteiger partial charge on any atom is 0.352 e. The summed E-state index contributed by atoms with van der Waals surface area (Å²) in [5, 5.41) is 39.0. The number of nitrogens with zero attached hydrogens (tertiary/aromatic N) is 2. The van der Waals surface area contributed by atoms with Crippen molar-refractivity contribution in [1.29, 1.82) is 0 Å². The molecule has 4 N–H and O–H groups in total. The molecule has 2 fully saturated rings. The van der Waals surface area contributed by atoms with Gasteiger partial charge in [0.15, 0.2) is 23.1 Å². The van der Waals surface area contributed by atoms with Gasteiger partial charge in [-0.1, -0.05) is 6.92 Å². The largest absolute Gasteiger partial charge is 0.504 e. The number of aliphatic hydroxyl groups excluding tert-OH is 1. The van der Waals surface area contributed by atoms with Crippen molar-refractivity contribution in [2.45, 2.75) is 51.7 Å². The molecule has 0 bridgehead atoms. The molecule has 3 aliphatic heterocycles. The highest BCUT2D eigenvalue weighted by Gasteiger charge is 2.60. The van der Waals surface area contributed by atoms with Crippen molar-refractivity contribution >= 4 is 17.7 Å². The molecule has 0 unspecified atom stereocenters. The number of aliphatic hydroxyl groups is 1. The van der Waals surface area contributed by atoms with Gasteiger partial charge in [0.2, 0.25) is 5.91 Å². The number of rotatable bonds is 9. The van der Waals surface area contributed by atoms with Crippen molar-refractivity contribution in [1.82, 2.24) is 4.90 Å². The molecule has 10 heteroatoms. The third kappa shape index (κ3) is 4.18. The van der Waals surface area contributed by atoms with Crippen molar-refractivity contribution in [3.63, 3.8) is 0 Å². The van der Waals surface area contributed by atoms with E-state index in [-0.39, 0.29) is 35.5 Å². The van der Waals surface area contributed by atoms with Crippen LogP contribution in [-0.4, -0.2) is 85.8 Å². The Bertz CT molecular complexity index is 1090. The van der Waals surface area contributed by atoms with E-state index >= 15 is 0 Å². The number of fused-ring (bicyclic) bond motifs is 1. The number of amides is 1. The van der Waals surface area contributed by atoms with Crippen LogP contribution in [0.5, 0.6) is 11.5 Å². The van der Waals surface area contributed by atoms with Crippen LogP contribution in [0.15, 0.2) is 23.4 Å². The lowest BCUT2D eigenvalue weighted by atomic mass is 9.77. The molecule has 3 aliphatic rings. The van der Waals surface area contributed by atoms with Gasteiger partial charge in [-0.05, 0) is 19.1 Å². The van der Waals surface area contributed by atoms with Crippen molar-refractivity contribution in [2.24, 2.45) is 11.8 Å². The molecule has 0 aromatic heterocycles. The number of aromatic hydroxyl groups is 2. The highest BCUT2D eigenvalue weighted by molar-refractivity contribution is 6.00. The predicted octanol–water partition coefficient (Wildman–Crippen LogP) is 2.01. The molecule has 1 aromatic rings. The number of halogens is 1. The highest BCUT2D eigenvalue weighted by atomic mass is 19.1. The van der Waals surface area contributed by atoms with Gasteiger partial charge in [-0.15, -0.1) is 0 Å². The number of likely N-dealkylation sites (tertiary alicyclic amines) is 1. The number of hydrogen-bond donors (Lipinski definition) is 4. The lowest BCUT2D eigenvalue weighted by molar-refractivity contribution is -0.912. The summed E-state index contributed by atoms with van der Waals surface area (Å²) < 4.78 is 14.8. The van der Waals surface area contributed by atoms with Crippen LogP contribution in [0.4, 0.5) is 4.39 Å². The summed E-state index contributed by atoms with van der Waals surface area (Å²) in [4.78, 5) is 38.7. The number of phenolic OH excluding ortho intramolecular Hbond substituents is 2. The summed E-state index contributed by atoms with van der Waals surface area (Å²) in [5.41, 5.74) is 0.439. The maximum atomic E-state index is 14.2. The lowest BCUT2D eigenvalue weighted by Gasteiger charge is -2.46. The quantitative estimate of drug-likeness (QED) is 0.180. The van der Waals surface area contributed by atoms with Crippen LogP contribution in [-0.2, 0) is 9.59 Å². The maximum absolute atomic E-state index is 14.2. The molecule has 35 heavy (non-hydrogen) atoms. The zero-order chi connectivity index (χ0) is 25.7. The molecule has 0 saturated carbocycles. The molecule has 4 atom stereocenters. The van der Waals surface area contributed by atoms with E-state index in [4.69, 9.17) is 0 Å². The molecular weight excluding hydrogens is 459 g/mol. The van der Waals surface area contributed by atoms with Crippen molar-refractivity contribution in [3.8, 4) is 11.5 Å². The first-order valence-electron chi connectivity index (χ1n) is 12.1. The Hall–Kier alpha value is -2.98. The van der Waals surface area contributed by atoms with Crippen LogP contribution < -0.4 is 0 Å². The Kier molecular flexibility index (Phi) is 6.63. The van der Waals surface area contributed by atoms with Crippen LogP contribution >= 0.6 is 0 Å². The number of β-lactam (4-membered cyclic amide) rings is 1. The van der Waals surface area contributed by atoms with E-state index in [1.165, 1.54) is 4.90 Å².